The standard InChI is InChI=1S/C22H26FN3O3S/c1-2-29-22(28)20-18(15-3-4-15)14-30-21(20)24-19(27)13-25-9-11-26(12-10-25)17-7-5-16(23)6-8-17/h5-8,14-15H,2-4,9-13H2,1H3,(H,24,27). The van der Waals surface area contributed by atoms with Crippen molar-refractivity contribution >= 4 is 33.9 Å². The number of ether oxygens (including phenoxy) is 1. The summed E-state index contributed by atoms with van der Waals surface area (Å²) in [5, 5.41) is 5.49. The van der Waals surface area contributed by atoms with Crippen LogP contribution in [0.1, 0.15) is 41.6 Å². The molecule has 2 aromatic rings. The van der Waals surface area contributed by atoms with Crippen molar-refractivity contribution < 1.29 is 18.7 Å². The first kappa shape index (κ1) is 20.8. The average Bonchev–Trinajstić information content (AvgIpc) is 3.50. The molecule has 8 heteroatoms. The molecule has 0 unspecified atom stereocenters. The number of thiophene rings is 1. The van der Waals surface area contributed by atoms with Crippen LogP contribution in [-0.2, 0) is 9.53 Å². The number of halogens is 1. The first-order valence-electron chi connectivity index (χ1n) is 10.4. The highest BCUT2D eigenvalue weighted by Crippen LogP contribution is 2.46. The third-order valence-electron chi connectivity index (χ3n) is 5.50. The lowest BCUT2D eigenvalue weighted by Crippen LogP contribution is -2.48. The van der Waals surface area contributed by atoms with Crippen LogP contribution in [0.4, 0.5) is 15.1 Å². The third-order valence-corrected chi connectivity index (χ3v) is 6.41. The maximum Gasteiger partial charge on any atom is 0.341 e. The molecule has 2 fully saturated rings. The molecule has 0 radical (unpaired) electrons. The van der Waals surface area contributed by atoms with Crippen LogP contribution in [-0.4, -0.2) is 56.1 Å². The predicted molar refractivity (Wildman–Crippen MR) is 116 cm³/mol. The molecule has 0 bridgehead atoms. The van der Waals surface area contributed by atoms with Gasteiger partial charge in [0.05, 0.1) is 18.7 Å². The summed E-state index contributed by atoms with van der Waals surface area (Å²) in [6.45, 7) is 5.40. The molecule has 2 heterocycles. The minimum atomic E-state index is -0.358. The van der Waals surface area contributed by atoms with Gasteiger partial charge in [-0.15, -0.1) is 11.3 Å². The normalized spacial score (nSPS) is 17.1. The Bertz CT molecular complexity index is 903. The third kappa shape index (κ3) is 4.82. The van der Waals surface area contributed by atoms with Gasteiger partial charge in [0.1, 0.15) is 10.8 Å². The van der Waals surface area contributed by atoms with Gasteiger partial charge >= 0.3 is 5.97 Å². The Balaban J connectivity index is 1.33. The Kier molecular flexibility index (Phi) is 6.34. The van der Waals surface area contributed by atoms with Crippen molar-refractivity contribution in [2.75, 3.05) is 49.5 Å². The minimum Gasteiger partial charge on any atom is -0.462 e. The number of anilines is 2. The zero-order valence-electron chi connectivity index (χ0n) is 17.0. The molecule has 1 amide bonds. The van der Waals surface area contributed by atoms with Crippen molar-refractivity contribution in [1.29, 1.82) is 0 Å². The van der Waals surface area contributed by atoms with Crippen molar-refractivity contribution in [3.63, 3.8) is 0 Å². The number of benzene rings is 1. The van der Waals surface area contributed by atoms with Crippen LogP contribution in [0.5, 0.6) is 0 Å². The van der Waals surface area contributed by atoms with Gasteiger partial charge in [0.25, 0.3) is 0 Å². The lowest BCUT2D eigenvalue weighted by molar-refractivity contribution is -0.117. The SMILES string of the molecule is CCOC(=O)c1c(C2CC2)csc1NC(=O)CN1CCN(c2ccc(F)cc2)CC1. The lowest BCUT2D eigenvalue weighted by atomic mass is 10.1. The second kappa shape index (κ2) is 9.14. The van der Waals surface area contributed by atoms with Crippen LogP contribution in [0.15, 0.2) is 29.6 Å². The maximum absolute atomic E-state index is 13.1. The topological polar surface area (TPSA) is 61.9 Å². The quantitative estimate of drug-likeness (QED) is 0.678. The molecule has 1 N–H and O–H groups in total. The number of piperazine rings is 1. The van der Waals surface area contributed by atoms with E-state index in [-0.39, 0.29) is 24.2 Å². The van der Waals surface area contributed by atoms with E-state index < -0.39 is 0 Å². The number of hydrogen-bond acceptors (Lipinski definition) is 6. The van der Waals surface area contributed by atoms with Gasteiger partial charge in [-0.25, -0.2) is 9.18 Å². The molecular weight excluding hydrogens is 405 g/mol. The summed E-state index contributed by atoms with van der Waals surface area (Å²) >= 11 is 1.40. The van der Waals surface area contributed by atoms with E-state index in [1.165, 1.54) is 23.5 Å². The van der Waals surface area contributed by atoms with Crippen LogP contribution in [0.25, 0.3) is 0 Å². The average molecular weight is 432 g/mol. The summed E-state index contributed by atoms with van der Waals surface area (Å²) in [5.74, 6) is -0.315. The van der Waals surface area contributed by atoms with Gasteiger partial charge in [-0.2, -0.15) is 0 Å². The Morgan fingerprint density at radius 3 is 2.50 bits per heavy atom. The van der Waals surface area contributed by atoms with E-state index >= 15 is 0 Å². The van der Waals surface area contributed by atoms with Gasteiger partial charge in [0.2, 0.25) is 5.91 Å². The fourth-order valence-corrected chi connectivity index (χ4v) is 4.80. The fourth-order valence-electron chi connectivity index (χ4n) is 3.76. The van der Waals surface area contributed by atoms with Crippen molar-refractivity contribution in [3.05, 3.63) is 46.6 Å². The highest BCUT2D eigenvalue weighted by atomic mass is 32.1. The summed E-state index contributed by atoms with van der Waals surface area (Å²) in [7, 11) is 0. The Morgan fingerprint density at radius 2 is 1.87 bits per heavy atom. The number of amides is 1. The highest BCUT2D eigenvalue weighted by molar-refractivity contribution is 7.15. The highest BCUT2D eigenvalue weighted by Gasteiger charge is 2.32. The maximum atomic E-state index is 13.1. The van der Waals surface area contributed by atoms with E-state index in [0.29, 0.717) is 23.1 Å². The molecule has 30 heavy (non-hydrogen) atoms. The molecule has 1 aromatic carbocycles. The molecule has 1 aliphatic carbocycles. The van der Waals surface area contributed by atoms with E-state index in [4.69, 9.17) is 4.74 Å². The molecular formula is C22H26FN3O3S. The van der Waals surface area contributed by atoms with Crippen molar-refractivity contribution in [2.45, 2.75) is 25.7 Å². The first-order chi connectivity index (χ1) is 14.5. The van der Waals surface area contributed by atoms with Crippen LogP contribution >= 0.6 is 11.3 Å². The predicted octanol–water partition coefficient (Wildman–Crippen LogP) is 3.70. The van der Waals surface area contributed by atoms with E-state index in [0.717, 1.165) is 50.3 Å². The van der Waals surface area contributed by atoms with Gasteiger partial charge in [-0.1, -0.05) is 0 Å². The van der Waals surface area contributed by atoms with Gasteiger partial charge in [-0.3, -0.25) is 9.69 Å². The molecule has 2 aliphatic rings. The molecule has 6 nitrogen and oxygen atoms in total. The van der Waals surface area contributed by atoms with E-state index in [2.05, 4.69) is 15.1 Å². The van der Waals surface area contributed by atoms with Crippen LogP contribution in [0.3, 0.4) is 0 Å². The number of nitrogens with one attached hydrogen (secondary N) is 1. The Morgan fingerprint density at radius 1 is 1.17 bits per heavy atom. The minimum absolute atomic E-state index is 0.125. The summed E-state index contributed by atoms with van der Waals surface area (Å²) < 4.78 is 18.3. The molecule has 160 valence electrons. The van der Waals surface area contributed by atoms with Crippen molar-refractivity contribution in [1.82, 2.24) is 4.90 Å². The zero-order valence-corrected chi connectivity index (χ0v) is 17.8. The number of carbonyl (C=O) groups is 2. The number of nitrogens with zero attached hydrogens (tertiary/aromatic N) is 2. The number of hydrogen-bond donors (Lipinski definition) is 1. The number of rotatable bonds is 7. The number of carbonyl (C=O) groups excluding carboxylic acids is 2. The van der Waals surface area contributed by atoms with Crippen molar-refractivity contribution in [3.8, 4) is 0 Å². The van der Waals surface area contributed by atoms with Gasteiger partial charge in [0.15, 0.2) is 0 Å². The van der Waals surface area contributed by atoms with E-state index in [1.54, 1.807) is 19.1 Å². The Labute approximate surface area is 179 Å². The van der Waals surface area contributed by atoms with Crippen LogP contribution in [0.2, 0.25) is 0 Å². The first-order valence-corrected chi connectivity index (χ1v) is 11.2. The number of esters is 1. The van der Waals surface area contributed by atoms with Gasteiger partial charge in [-0.05, 0) is 60.9 Å². The van der Waals surface area contributed by atoms with Crippen LogP contribution < -0.4 is 10.2 Å². The summed E-state index contributed by atoms with van der Waals surface area (Å²) in [5.41, 5.74) is 2.52. The largest absolute Gasteiger partial charge is 0.462 e. The smallest absolute Gasteiger partial charge is 0.341 e. The summed E-state index contributed by atoms with van der Waals surface area (Å²) in [6.07, 6.45) is 2.16. The van der Waals surface area contributed by atoms with E-state index in [1.807, 2.05) is 5.38 Å². The van der Waals surface area contributed by atoms with Crippen molar-refractivity contribution in [2.24, 2.45) is 0 Å². The molecule has 1 saturated heterocycles. The van der Waals surface area contributed by atoms with E-state index in [9.17, 15) is 14.0 Å². The van der Waals surface area contributed by atoms with Crippen LogP contribution in [0, 0.1) is 5.82 Å². The van der Waals surface area contributed by atoms with Gasteiger partial charge in [0, 0.05) is 31.9 Å². The second-order valence-corrected chi connectivity index (χ2v) is 8.56. The monoisotopic (exact) mass is 431 g/mol. The Hall–Kier alpha value is -2.45. The summed E-state index contributed by atoms with van der Waals surface area (Å²) in [6, 6.07) is 6.49. The fraction of sp³-hybridized carbons (Fsp3) is 0.455. The molecule has 4 rings (SSSR count). The molecule has 1 saturated carbocycles. The molecule has 0 atom stereocenters. The molecule has 1 aromatic heterocycles. The lowest BCUT2D eigenvalue weighted by Gasteiger charge is -2.35. The summed E-state index contributed by atoms with van der Waals surface area (Å²) in [4.78, 5) is 29.4. The van der Waals surface area contributed by atoms with Gasteiger partial charge < -0.3 is 15.0 Å². The molecule has 0 spiro atoms. The zero-order chi connectivity index (χ0) is 21.1. The molecule has 1 aliphatic heterocycles. The second-order valence-electron chi connectivity index (χ2n) is 7.68.